The lowest BCUT2D eigenvalue weighted by Gasteiger charge is -2.12. The van der Waals surface area contributed by atoms with Crippen LogP contribution in [0.2, 0.25) is 0 Å². The fraction of sp³-hybridized carbons (Fsp3) is 0.130. The lowest BCUT2D eigenvalue weighted by Crippen LogP contribution is -2.30. The molecule has 0 fully saturated rings. The maximum Gasteiger partial charge on any atom is 0.248 e. The van der Waals surface area contributed by atoms with Crippen LogP contribution in [0.4, 0.5) is 0 Å². The molecule has 3 aromatic rings. The third kappa shape index (κ3) is 5.18. The summed E-state index contributed by atoms with van der Waals surface area (Å²) in [6.07, 6.45) is 4.95. The highest BCUT2D eigenvalue weighted by molar-refractivity contribution is 5.93. The molecule has 6 heteroatoms. The lowest BCUT2D eigenvalue weighted by molar-refractivity contribution is -0.124. The van der Waals surface area contributed by atoms with E-state index in [1.165, 1.54) is 11.0 Å². The molecule has 29 heavy (non-hydrogen) atoms. The van der Waals surface area contributed by atoms with Crippen LogP contribution in [0.25, 0.3) is 17.3 Å². The Morgan fingerprint density at radius 2 is 1.62 bits per heavy atom. The van der Waals surface area contributed by atoms with Crippen LogP contribution in [0.1, 0.15) is 11.1 Å². The molecule has 0 radical (unpaired) electrons. The molecule has 0 saturated heterocycles. The van der Waals surface area contributed by atoms with Crippen molar-refractivity contribution in [1.29, 1.82) is 10.5 Å². The fourth-order valence-corrected chi connectivity index (χ4v) is 2.88. The van der Waals surface area contributed by atoms with E-state index in [9.17, 15) is 4.79 Å². The number of nitrogens with zero attached hydrogens (tertiary/aromatic N) is 5. The third-order valence-electron chi connectivity index (χ3n) is 4.26. The van der Waals surface area contributed by atoms with Crippen molar-refractivity contribution in [1.82, 2.24) is 14.7 Å². The van der Waals surface area contributed by atoms with E-state index in [1.807, 2.05) is 83.7 Å². The summed E-state index contributed by atoms with van der Waals surface area (Å²) in [5, 5.41) is 22.4. The van der Waals surface area contributed by atoms with Crippen molar-refractivity contribution in [3.8, 4) is 23.4 Å². The molecule has 0 aliphatic carbocycles. The van der Waals surface area contributed by atoms with Crippen molar-refractivity contribution in [2.75, 3.05) is 13.1 Å². The van der Waals surface area contributed by atoms with Crippen molar-refractivity contribution in [3.63, 3.8) is 0 Å². The van der Waals surface area contributed by atoms with E-state index in [0.29, 0.717) is 6.54 Å². The van der Waals surface area contributed by atoms with Gasteiger partial charge in [0.05, 0.1) is 24.4 Å². The number of nitriles is 2. The van der Waals surface area contributed by atoms with Gasteiger partial charge in [0.25, 0.3) is 0 Å². The number of benzene rings is 2. The van der Waals surface area contributed by atoms with Gasteiger partial charge in [0.15, 0.2) is 0 Å². The minimum absolute atomic E-state index is 0.129. The highest BCUT2D eigenvalue weighted by Gasteiger charge is 2.12. The van der Waals surface area contributed by atoms with Gasteiger partial charge in [-0.2, -0.15) is 15.6 Å². The van der Waals surface area contributed by atoms with Gasteiger partial charge >= 0.3 is 0 Å². The summed E-state index contributed by atoms with van der Waals surface area (Å²) < 4.78 is 1.84. The first-order valence-corrected chi connectivity index (χ1v) is 9.09. The predicted molar refractivity (Wildman–Crippen MR) is 110 cm³/mol. The molecule has 0 N–H and O–H groups in total. The minimum atomic E-state index is -0.386. The molecule has 2 aromatic carbocycles. The molecule has 0 spiro atoms. The number of rotatable bonds is 7. The Morgan fingerprint density at radius 3 is 2.24 bits per heavy atom. The Kier molecular flexibility index (Phi) is 6.54. The SMILES string of the molecule is N#CCN(CC#N)C(=O)/C=C/c1cn(Cc2ccccc2)nc1-c1ccccc1. The van der Waals surface area contributed by atoms with Gasteiger partial charge in [0.1, 0.15) is 13.1 Å². The van der Waals surface area contributed by atoms with E-state index in [1.54, 1.807) is 6.08 Å². The summed E-state index contributed by atoms with van der Waals surface area (Å²) in [7, 11) is 0. The van der Waals surface area contributed by atoms with Crippen molar-refractivity contribution < 1.29 is 4.79 Å². The molecule has 0 unspecified atom stereocenters. The number of amides is 1. The predicted octanol–water partition coefficient (Wildman–Crippen LogP) is 3.49. The second-order valence-corrected chi connectivity index (χ2v) is 6.33. The Morgan fingerprint density at radius 1 is 1.00 bits per heavy atom. The summed E-state index contributed by atoms with van der Waals surface area (Å²) in [5.41, 5.74) is 3.61. The first-order chi connectivity index (χ1) is 14.2. The zero-order valence-electron chi connectivity index (χ0n) is 15.8. The van der Waals surface area contributed by atoms with Gasteiger partial charge in [-0.25, -0.2) is 0 Å². The second kappa shape index (κ2) is 9.68. The number of carbonyl (C=O) groups excluding carboxylic acids is 1. The number of hydrogen-bond acceptors (Lipinski definition) is 4. The summed E-state index contributed by atoms with van der Waals surface area (Å²) in [5.74, 6) is -0.386. The third-order valence-corrected chi connectivity index (χ3v) is 4.26. The van der Waals surface area contributed by atoms with Crippen molar-refractivity contribution in [3.05, 3.63) is 84.1 Å². The molecule has 142 valence electrons. The van der Waals surface area contributed by atoms with Crippen molar-refractivity contribution in [2.24, 2.45) is 0 Å². The summed E-state index contributed by atoms with van der Waals surface area (Å²) in [4.78, 5) is 13.5. The van der Waals surface area contributed by atoms with E-state index >= 15 is 0 Å². The Bertz CT molecular complexity index is 1060. The normalized spacial score (nSPS) is 10.4. The molecule has 1 aromatic heterocycles. The minimum Gasteiger partial charge on any atom is -0.313 e. The Labute approximate surface area is 169 Å². The van der Waals surface area contributed by atoms with Crippen molar-refractivity contribution >= 4 is 12.0 Å². The van der Waals surface area contributed by atoms with Gasteiger partial charge < -0.3 is 4.90 Å². The molecule has 0 bridgehead atoms. The molecular formula is C23H19N5O. The topological polar surface area (TPSA) is 85.7 Å². The lowest BCUT2D eigenvalue weighted by atomic mass is 10.1. The van der Waals surface area contributed by atoms with E-state index in [-0.39, 0.29) is 19.0 Å². The molecule has 3 rings (SSSR count). The highest BCUT2D eigenvalue weighted by Crippen LogP contribution is 2.23. The van der Waals surface area contributed by atoms with E-state index in [4.69, 9.17) is 15.6 Å². The van der Waals surface area contributed by atoms with Gasteiger partial charge in [-0.05, 0) is 11.6 Å². The van der Waals surface area contributed by atoms with E-state index in [2.05, 4.69) is 0 Å². The van der Waals surface area contributed by atoms with Gasteiger partial charge in [-0.15, -0.1) is 0 Å². The summed E-state index contributed by atoms with van der Waals surface area (Å²) >= 11 is 0. The first-order valence-electron chi connectivity index (χ1n) is 9.09. The van der Waals surface area contributed by atoms with Gasteiger partial charge in [0.2, 0.25) is 5.91 Å². The second-order valence-electron chi connectivity index (χ2n) is 6.33. The van der Waals surface area contributed by atoms with E-state index in [0.717, 1.165) is 22.4 Å². The van der Waals surface area contributed by atoms with Crippen LogP contribution in [0, 0.1) is 22.7 Å². The average Bonchev–Trinajstić information content (AvgIpc) is 3.16. The summed E-state index contributed by atoms with van der Waals surface area (Å²) in [6, 6.07) is 23.5. The molecule has 1 heterocycles. The molecule has 0 aliphatic rings. The smallest absolute Gasteiger partial charge is 0.248 e. The molecule has 0 saturated carbocycles. The molecular weight excluding hydrogens is 362 g/mol. The summed E-state index contributed by atoms with van der Waals surface area (Å²) in [6.45, 7) is 0.350. The largest absolute Gasteiger partial charge is 0.313 e. The van der Waals surface area contributed by atoms with Crippen LogP contribution >= 0.6 is 0 Å². The monoisotopic (exact) mass is 381 g/mol. The quantitative estimate of drug-likeness (QED) is 0.463. The molecule has 0 aliphatic heterocycles. The van der Waals surface area contributed by atoms with Crippen molar-refractivity contribution in [2.45, 2.75) is 6.54 Å². The van der Waals surface area contributed by atoms with Crippen LogP contribution in [0.15, 0.2) is 72.9 Å². The Balaban J connectivity index is 1.91. The van der Waals surface area contributed by atoms with Gasteiger partial charge in [0, 0.05) is 23.4 Å². The Hall–Kier alpha value is -4.16. The van der Waals surface area contributed by atoms with Crippen LogP contribution in [-0.4, -0.2) is 33.7 Å². The molecule has 6 nitrogen and oxygen atoms in total. The highest BCUT2D eigenvalue weighted by atomic mass is 16.2. The maximum absolute atomic E-state index is 12.4. The van der Waals surface area contributed by atoms with Crippen LogP contribution < -0.4 is 0 Å². The first kappa shape index (κ1) is 19.6. The molecule has 0 atom stereocenters. The molecule has 1 amide bonds. The van der Waals surface area contributed by atoms with Gasteiger partial charge in [-0.1, -0.05) is 60.7 Å². The number of aromatic nitrogens is 2. The van der Waals surface area contributed by atoms with Crippen LogP contribution in [-0.2, 0) is 11.3 Å². The van der Waals surface area contributed by atoms with Crippen LogP contribution in [0.5, 0.6) is 0 Å². The maximum atomic E-state index is 12.4. The number of hydrogen-bond donors (Lipinski definition) is 0. The standard InChI is InChI=1S/C23H19N5O/c24-13-15-27(16-14-25)22(29)12-11-21-18-28(17-19-7-3-1-4-8-19)26-23(21)20-9-5-2-6-10-20/h1-12,18H,15-17H2/b12-11+. The average molecular weight is 381 g/mol. The zero-order valence-corrected chi connectivity index (χ0v) is 15.8. The van der Waals surface area contributed by atoms with Crippen LogP contribution in [0.3, 0.4) is 0 Å². The fourth-order valence-electron chi connectivity index (χ4n) is 2.88. The zero-order chi connectivity index (χ0) is 20.5. The number of carbonyl (C=O) groups is 1. The van der Waals surface area contributed by atoms with Gasteiger partial charge in [-0.3, -0.25) is 9.48 Å². The van der Waals surface area contributed by atoms with E-state index < -0.39 is 0 Å².